The van der Waals surface area contributed by atoms with Crippen LogP contribution in [0, 0.1) is 17.3 Å². The second-order valence-electron chi connectivity index (χ2n) is 9.19. The lowest BCUT2D eigenvalue weighted by Crippen LogP contribution is -2.48. The molecule has 0 N–H and O–H groups in total. The van der Waals surface area contributed by atoms with Crippen molar-refractivity contribution in [2.45, 2.75) is 59.5 Å². The van der Waals surface area contributed by atoms with Crippen molar-refractivity contribution >= 4 is 23.0 Å². The number of allylic oxidation sites excluding steroid dienone is 2. The number of nitrogens with zero attached hydrogens (tertiary/aromatic N) is 3. The van der Waals surface area contributed by atoms with E-state index in [2.05, 4.69) is 23.5 Å². The van der Waals surface area contributed by atoms with Gasteiger partial charge in [-0.1, -0.05) is 43.0 Å². The second kappa shape index (κ2) is 9.90. The van der Waals surface area contributed by atoms with Gasteiger partial charge in [-0.25, -0.2) is 4.79 Å². The number of ether oxygens (including phenoxy) is 1. The van der Waals surface area contributed by atoms with Crippen molar-refractivity contribution in [2.75, 3.05) is 0 Å². The first kappa shape index (κ1) is 24.3. The molecule has 0 saturated heterocycles. The van der Waals surface area contributed by atoms with Crippen molar-refractivity contribution < 1.29 is 19.2 Å². The summed E-state index contributed by atoms with van der Waals surface area (Å²) in [4.78, 5) is 33.7. The smallest absolute Gasteiger partial charge is 0.339 e. The standard InChI is InChI=1S/C24H33N3O4/c1-8-14-24(15-9-2,22(29)30-23(5,6)7)18(16-17(3)4)21(28)31-27-20-13-11-10-12-19(20)25-26-27/h8-13,17-18H,1-2,14-16H2,3-7H3/t18-/m0/s1. The van der Waals surface area contributed by atoms with Crippen LogP contribution in [-0.4, -0.2) is 32.7 Å². The summed E-state index contributed by atoms with van der Waals surface area (Å²) < 4.78 is 5.75. The molecule has 1 heterocycles. The fourth-order valence-electron chi connectivity index (χ4n) is 3.65. The van der Waals surface area contributed by atoms with Gasteiger partial charge in [0.25, 0.3) is 0 Å². The van der Waals surface area contributed by atoms with E-state index in [0.29, 0.717) is 17.5 Å². The van der Waals surface area contributed by atoms with Gasteiger partial charge < -0.3 is 9.57 Å². The van der Waals surface area contributed by atoms with Crippen molar-refractivity contribution in [3.63, 3.8) is 0 Å². The molecule has 0 amide bonds. The molecule has 0 aliphatic heterocycles. The fourth-order valence-corrected chi connectivity index (χ4v) is 3.65. The van der Waals surface area contributed by atoms with Crippen LogP contribution in [0.4, 0.5) is 0 Å². The summed E-state index contributed by atoms with van der Waals surface area (Å²) in [7, 11) is 0. The van der Waals surface area contributed by atoms with Gasteiger partial charge in [0.05, 0.1) is 11.3 Å². The Labute approximate surface area is 184 Å². The molecule has 1 aromatic carbocycles. The highest BCUT2D eigenvalue weighted by molar-refractivity contribution is 5.86. The summed E-state index contributed by atoms with van der Waals surface area (Å²) in [5.74, 6) is -1.70. The molecule has 1 atom stereocenters. The molecule has 0 radical (unpaired) electrons. The Morgan fingerprint density at radius 1 is 1.13 bits per heavy atom. The number of rotatable bonds is 10. The van der Waals surface area contributed by atoms with E-state index in [9.17, 15) is 9.59 Å². The lowest BCUT2D eigenvalue weighted by molar-refractivity contribution is -0.179. The molecule has 7 heteroatoms. The van der Waals surface area contributed by atoms with Crippen LogP contribution in [-0.2, 0) is 14.3 Å². The molecule has 1 aromatic heterocycles. The number of carbonyl (C=O) groups is 2. The van der Waals surface area contributed by atoms with Crippen LogP contribution in [0.5, 0.6) is 0 Å². The number of esters is 1. The van der Waals surface area contributed by atoms with Crippen LogP contribution in [0.2, 0.25) is 0 Å². The van der Waals surface area contributed by atoms with Gasteiger partial charge in [0.15, 0.2) is 0 Å². The average molecular weight is 428 g/mol. The number of carbonyl (C=O) groups excluding carboxylic acids is 2. The Morgan fingerprint density at radius 3 is 2.29 bits per heavy atom. The molecule has 0 aliphatic rings. The molecule has 0 spiro atoms. The summed E-state index contributed by atoms with van der Waals surface area (Å²) in [5, 5.41) is 7.96. The van der Waals surface area contributed by atoms with Crippen LogP contribution in [0.25, 0.3) is 11.0 Å². The van der Waals surface area contributed by atoms with Crippen molar-refractivity contribution in [3.05, 3.63) is 49.6 Å². The predicted molar refractivity (Wildman–Crippen MR) is 120 cm³/mol. The predicted octanol–water partition coefficient (Wildman–Crippen LogP) is 4.53. The number of hydrogen-bond acceptors (Lipinski definition) is 6. The van der Waals surface area contributed by atoms with Crippen LogP contribution >= 0.6 is 0 Å². The third-order valence-electron chi connectivity index (χ3n) is 4.98. The first-order valence-corrected chi connectivity index (χ1v) is 10.5. The molecule has 2 rings (SSSR count). The van der Waals surface area contributed by atoms with E-state index in [-0.39, 0.29) is 18.8 Å². The highest BCUT2D eigenvalue weighted by Gasteiger charge is 2.51. The zero-order valence-electron chi connectivity index (χ0n) is 19.1. The third kappa shape index (κ3) is 5.81. The van der Waals surface area contributed by atoms with Gasteiger partial charge in [-0.05, 0) is 63.3 Å². The monoisotopic (exact) mass is 427 g/mol. The van der Waals surface area contributed by atoms with Crippen LogP contribution in [0.3, 0.4) is 0 Å². The van der Waals surface area contributed by atoms with E-state index in [1.807, 2.05) is 26.0 Å². The van der Waals surface area contributed by atoms with Gasteiger partial charge in [0, 0.05) is 0 Å². The second-order valence-corrected chi connectivity index (χ2v) is 9.19. The maximum Gasteiger partial charge on any atom is 0.339 e. The van der Waals surface area contributed by atoms with Crippen molar-refractivity contribution in [1.82, 2.24) is 15.2 Å². The minimum atomic E-state index is -1.19. The van der Waals surface area contributed by atoms with Crippen molar-refractivity contribution in [3.8, 4) is 0 Å². The minimum Gasteiger partial charge on any atom is -0.460 e. The molecular formula is C24H33N3O4. The van der Waals surface area contributed by atoms with Crippen LogP contribution in [0.15, 0.2) is 49.6 Å². The molecular weight excluding hydrogens is 394 g/mol. The molecule has 0 unspecified atom stereocenters. The third-order valence-corrected chi connectivity index (χ3v) is 4.98. The maximum absolute atomic E-state index is 13.5. The lowest BCUT2D eigenvalue weighted by atomic mass is 9.67. The number of benzene rings is 1. The summed E-state index contributed by atoms with van der Waals surface area (Å²) in [5.41, 5.74) is -0.728. The highest BCUT2D eigenvalue weighted by atomic mass is 16.7. The Hall–Kier alpha value is -2.96. The quantitative estimate of drug-likeness (QED) is 0.315. The summed E-state index contributed by atoms with van der Waals surface area (Å²) in [6, 6.07) is 7.17. The lowest BCUT2D eigenvalue weighted by Gasteiger charge is -2.38. The SMILES string of the molecule is C=CCC(CC=C)(C(=O)OC(C)(C)C)[C@@H](CC(C)C)C(=O)On1nnc2ccccc21. The molecule has 0 bridgehead atoms. The molecule has 168 valence electrons. The number of hydrogen-bond donors (Lipinski definition) is 0. The zero-order chi connectivity index (χ0) is 23.2. The molecule has 0 fully saturated rings. The first-order chi connectivity index (χ1) is 14.5. The molecule has 0 aliphatic carbocycles. The fraction of sp³-hybridized carbons (Fsp3) is 0.500. The zero-order valence-corrected chi connectivity index (χ0v) is 19.1. The topological polar surface area (TPSA) is 83.3 Å². The number of fused-ring (bicyclic) bond motifs is 1. The minimum absolute atomic E-state index is 0.126. The van der Waals surface area contributed by atoms with E-state index in [0.717, 1.165) is 4.85 Å². The summed E-state index contributed by atoms with van der Waals surface area (Å²) in [6.07, 6.45) is 4.20. The van der Waals surface area contributed by atoms with Gasteiger partial charge in [0.2, 0.25) is 0 Å². The van der Waals surface area contributed by atoms with Gasteiger partial charge in [0.1, 0.15) is 16.6 Å². The first-order valence-electron chi connectivity index (χ1n) is 10.5. The van der Waals surface area contributed by atoms with Gasteiger partial charge in [-0.3, -0.25) is 4.79 Å². The Morgan fingerprint density at radius 2 is 1.74 bits per heavy atom. The molecule has 0 saturated carbocycles. The van der Waals surface area contributed by atoms with Crippen LogP contribution < -0.4 is 4.84 Å². The van der Waals surface area contributed by atoms with Gasteiger partial charge in [-0.2, -0.15) is 0 Å². The number of aromatic nitrogens is 3. The normalized spacial score (nSPS) is 13.1. The van der Waals surface area contributed by atoms with E-state index in [1.54, 1.807) is 45.1 Å². The maximum atomic E-state index is 13.5. The Balaban J connectivity index is 2.50. The summed E-state index contributed by atoms with van der Waals surface area (Å²) in [6.45, 7) is 17.0. The van der Waals surface area contributed by atoms with Crippen LogP contribution in [0.1, 0.15) is 53.9 Å². The van der Waals surface area contributed by atoms with Crippen molar-refractivity contribution in [2.24, 2.45) is 17.3 Å². The Bertz CT molecular complexity index is 930. The van der Waals surface area contributed by atoms with E-state index < -0.39 is 28.9 Å². The largest absolute Gasteiger partial charge is 0.460 e. The van der Waals surface area contributed by atoms with E-state index in [1.165, 1.54) is 0 Å². The molecule has 7 nitrogen and oxygen atoms in total. The highest BCUT2D eigenvalue weighted by Crippen LogP contribution is 2.42. The van der Waals surface area contributed by atoms with E-state index in [4.69, 9.17) is 9.57 Å². The Kier molecular flexibility index (Phi) is 7.76. The number of para-hydroxylation sites is 1. The molecule has 31 heavy (non-hydrogen) atoms. The van der Waals surface area contributed by atoms with Crippen molar-refractivity contribution in [1.29, 1.82) is 0 Å². The van der Waals surface area contributed by atoms with Gasteiger partial charge in [-0.15, -0.1) is 18.3 Å². The molecule has 2 aromatic rings. The van der Waals surface area contributed by atoms with Gasteiger partial charge >= 0.3 is 11.9 Å². The average Bonchev–Trinajstić information content (AvgIpc) is 3.07. The van der Waals surface area contributed by atoms with E-state index >= 15 is 0 Å². The summed E-state index contributed by atoms with van der Waals surface area (Å²) >= 11 is 0.